The molecule has 1 N–H and O–H groups in total. The molecule has 1 unspecified atom stereocenters. The molecule has 0 bridgehead atoms. The number of nitrogens with zero attached hydrogens (tertiary/aromatic N) is 2. The molecule has 0 aliphatic rings. The normalized spacial score (nSPS) is 12.2. The van der Waals surface area contributed by atoms with Crippen molar-refractivity contribution in [1.82, 2.24) is 9.97 Å². The maximum Gasteiger partial charge on any atom is 0.266 e. The number of aromatic nitrogens is 2. The van der Waals surface area contributed by atoms with Crippen LogP contribution in [-0.2, 0) is 0 Å². The van der Waals surface area contributed by atoms with Gasteiger partial charge in [-0.25, -0.2) is 9.37 Å². The molecule has 19 heavy (non-hydrogen) atoms. The standard InChI is InChI=1S/C13H13FIN3O/c1-8(9-5-3-4-6-10(9)14)18(2)12-11(15)13(19)17-7-16-12/h3-8H,1-2H3,(H,16,17,19). The van der Waals surface area contributed by atoms with Crippen LogP contribution in [-0.4, -0.2) is 17.0 Å². The molecular formula is C13H13FIN3O. The Hall–Kier alpha value is -1.44. The molecule has 0 aliphatic heterocycles. The minimum Gasteiger partial charge on any atom is -0.352 e. The Bertz CT molecular complexity index is 644. The molecule has 0 radical (unpaired) electrons. The predicted molar refractivity (Wildman–Crippen MR) is 80.8 cm³/mol. The summed E-state index contributed by atoms with van der Waals surface area (Å²) in [5, 5.41) is 0. The van der Waals surface area contributed by atoms with Crippen molar-refractivity contribution in [2.24, 2.45) is 0 Å². The minimum atomic E-state index is -0.262. The minimum absolute atomic E-state index is 0.196. The Morgan fingerprint density at radius 3 is 2.79 bits per heavy atom. The van der Waals surface area contributed by atoms with Gasteiger partial charge in [0, 0.05) is 12.6 Å². The molecule has 0 amide bonds. The van der Waals surface area contributed by atoms with E-state index in [1.807, 2.05) is 29.5 Å². The first-order valence-corrected chi connectivity index (χ1v) is 6.80. The van der Waals surface area contributed by atoms with Crippen molar-refractivity contribution in [3.8, 4) is 0 Å². The second-order valence-corrected chi connectivity index (χ2v) is 5.26. The second kappa shape index (κ2) is 5.68. The highest BCUT2D eigenvalue weighted by Crippen LogP contribution is 2.26. The topological polar surface area (TPSA) is 49.0 Å². The fourth-order valence-corrected chi connectivity index (χ4v) is 2.50. The van der Waals surface area contributed by atoms with E-state index in [-0.39, 0.29) is 17.4 Å². The Morgan fingerprint density at radius 2 is 2.11 bits per heavy atom. The van der Waals surface area contributed by atoms with Crippen LogP contribution in [0.3, 0.4) is 0 Å². The fourth-order valence-electron chi connectivity index (χ4n) is 1.83. The van der Waals surface area contributed by atoms with Crippen LogP contribution in [0.4, 0.5) is 10.2 Å². The Morgan fingerprint density at radius 1 is 1.42 bits per heavy atom. The summed E-state index contributed by atoms with van der Waals surface area (Å²) < 4.78 is 14.3. The lowest BCUT2D eigenvalue weighted by molar-refractivity contribution is 0.583. The molecule has 1 aromatic heterocycles. The van der Waals surface area contributed by atoms with E-state index in [0.717, 1.165) is 0 Å². The first-order chi connectivity index (χ1) is 9.02. The van der Waals surface area contributed by atoms with Crippen LogP contribution in [0.25, 0.3) is 0 Å². The summed E-state index contributed by atoms with van der Waals surface area (Å²) in [6.07, 6.45) is 1.35. The van der Waals surface area contributed by atoms with Crippen LogP contribution in [0.15, 0.2) is 35.4 Å². The highest BCUT2D eigenvalue weighted by Gasteiger charge is 2.19. The lowest BCUT2D eigenvalue weighted by Gasteiger charge is -2.27. The number of aromatic amines is 1. The second-order valence-electron chi connectivity index (χ2n) is 4.18. The summed E-state index contributed by atoms with van der Waals surface area (Å²) >= 11 is 1.94. The molecule has 2 aromatic rings. The lowest BCUT2D eigenvalue weighted by Crippen LogP contribution is -2.27. The first-order valence-electron chi connectivity index (χ1n) is 5.72. The van der Waals surface area contributed by atoms with Crippen LogP contribution in [0.5, 0.6) is 0 Å². The van der Waals surface area contributed by atoms with Gasteiger partial charge in [-0.2, -0.15) is 0 Å². The van der Waals surface area contributed by atoms with E-state index >= 15 is 0 Å². The number of hydrogen-bond donors (Lipinski definition) is 1. The maximum absolute atomic E-state index is 13.8. The van der Waals surface area contributed by atoms with Gasteiger partial charge in [-0.15, -0.1) is 0 Å². The van der Waals surface area contributed by atoms with E-state index in [2.05, 4.69) is 9.97 Å². The molecule has 6 heteroatoms. The van der Waals surface area contributed by atoms with Gasteiger partial charge in [-0.1, -0.05) is 18.2 Å². The summed E-state index contributed by atoms with van der Waals surface area (Å²) in [7, 11) is 1.79. The third-order valence-electron chi connectivity index (χ3n) is 3.05. The van der Waals surface area contributed by atoms with Gasteiger partial charge in [0.25, 0.3) is 5.56 Å². The fraction of sp³-hybridized carbons (Fsp3) is 0.231. The number of nitrogens with one attached hydrogen (secondary N) is 1. The van der Waals surface area contributed by atoms with Crippen LogP contribution in [0, 0.1) is 9.39 Å². The molecule has 0 fully saturated rings. The van der Waals surface area contributed by atoms with Gasteiger partial charge in [0.05, 0.1) is 12.4 Å². The van der Waals surface area contributed by atoms with Crippen molar-refractivity contribution in [3.63, 3.8) is 0 Å². The molecule has 0 saturated heterocycles. The summed E-state index contributed by atoms with van der Waals surface area (Å²) in [5.41, 5.74) is 0.376. The lowest BCUT2D eigenvalue weighted by atomic mass is 10.1. The van der Waals surface area contributed by atoms with Crippen molar-refractivity contribution in [3.05, 3.63) is 55.9 Å². The van der Waals surface area contributed by atoms with Gasteiger partial charge >= 0.3 is 0 Å². The number of rotatable bonds is 3. The predicted octanol–water partition coefficient (Wildman–Crippen LogP) is 2.71. The van der Waals surface area contributed by atoms with E-state index in [4.69, 9.17) is 0 Å². The smallest absolute Gasteiger partial charge is 0.266 e. The summed E-state index contributed by atoms with van der Waals surface area (Å²) in [6, 6.07) is 6.38. The molecule has 0 spiro atoms. The monoisotopic (exact) mass is 373 g/mol. The van der Waals surface area contributed by atoms with Crippen LogP contribution in [0.1, 0.15) is 18.5 Å². The van der Waals surface area contributed by atoms with E-state index in [1.165, 1.54) is 12.4 Å². The van der Waals surface area contributed by atoms with Crippen molar-refractivity contribution >= 4 is 28.4 Å². The molecule has 100 valence electrons. The van der Waals surface area contributed by atoms with E-state index in [0.29, 0.717) is 15.0 Å². The summed E-state index contributed by atoms with van der Waals surface area (Å²) in [4.78, 5) is 20.0. The van der Waals surface area contributed by atoms with Crippen molar-refractivity contribution in [1.29, 1.82) is 0 Å². The molecule has 1 heterocycles. The molecule has 1 atom stereocenters. The van der Waals surface area contributed by atoms with Gasteiger partial charge in [-0.05, 0) is 35.6 Å². The molecule has 4 nitrogen and oxygen atoms in total. The van der Waals surface area contributed by atoms with Gasteiger partial charge in [0.15, 0.2) is 0 Å². The van der Waals surface area contributed by atoms with Gasteiger partial charge in [0.2, 0.25) is 0 Å². The van der Waals surface area contributed by atoms with Gasteiger partial charge in [0.1, 0.15) is 15.2 Å². The maximum atomic E-state index is 13.8. The first kappa shape index (κ1) is 14.0. The van der Waals surface area contributed by atoms with E-state index < -0.39 is 0 Å². The molecule has 0 saturated carbocycles. The van der Waals surface area contributed by atoms with Gasteiger partial charge in [-0.3, -0.25) is 4.79 Å². The molecule has 1 aromatic carbocycles. The third kappa shape index (κ3) is 2.78. The zero-order chi connectivity index (χ0) is 14.0. The highest BCUT2D eigenvalue weighted by molar-refractivity contribution is 14.1. The Labute approximate surface area is 123 Å². The van der Waals surface area contributed by atoms with Crippen LogP contribution in [0.2, 0.25) is 0 Å². The molecule has 0 aliphatic carbocycles. The average molecular weight is 373 g/mol. The van der Waals surface area contributed by atoms with Crippen LogP contribution < -0.4 is 10.5 Å². The molecular weight excluding hydrogens is 360 g/mol. The highest BCUT2D eigenvalue weighted by atomic mass is 127. The van der Waals surface area contributed by atoms with Gasteiger partial charge < -0.3 is 9.88 Å². The number of halogens is 2. The van der Waals surface area contributed by atoms with Crippen molar-refractivity contribution < 1.29 is 4.39 Å². The SMILES string of the molecule is CC(c1ccccc1F)N(C)c1nc[nH]c(=O)c1I. The zero-order valence-electron chi connectivity index (χ0n) is 10.5. The van der Waals surface area contributed by atoms with Crippen molar-refractivity contribution in [2.75, 3.05) is 11.9 Å². The zero-order valence-corrected chi connectivity index (χ0v) is 12.7. The largest absolute Gasteiger partial charge is 0.352 e. The Kier molecular flexibility index (Phi) is 4.18. The van der Waals surface area contributed by atoms with E-state index in [9.17, 15) is 9.18 Å². The number of H-pyrrole nitrogens is 1. The number of anilines is 1. The summed E-state index contributed by atoms with van der Waals surface area (Å²) in [6.45, 7) is 1.87. The quantitative estimate of drug-likeness (QED) is 0.842. The molecule has 2 rings (SSSR count). The number of benzene rings is 1. The summed E-state index contributed by atoms with van der Waals surface area (Å²) in [5.74, 6) is 0.279. The van der Waals surface area contributed by atoms with E-state index in [1.54, 1.807) is 30.1 Å². The third-order valence-corrected chi connectivity index (χ3v) is 4.02. The number of hydrogen-bond acceptors (Lipinski definition) is 3. The van der Waals surface area contributed by atoms with Crippen molar-refractivity contribution in [2.45, 2.75) is 13.0 Å². The average Bonchev–Trinajstić information content (AvgIpc) is 2.41. The van der Waals surface area contributed by atoms with Crippen LogP contribution >= 0.6 is 22.6 Å². The Balaban J connectivity index is 2.39.